The summed E-state index contributed by atoms with van der Waals surface area (Å²) in [5.41, 5.74) is -0.364. The maximum Gasteiger partial charge on any atom is 0.573 e. The molecule has 1 aromatic rings. The Labute approximate surface area is 96.7 Å². The monoisotopic (exact) mass is 296 g/mol. The van der Waals surface area contributed by atoms with Gasteiger partial charge in [-0.2, -0.15) is 5.26 Å². The quantitative estimate of drug-likeness (QED) is 0.787. The predicted molar refractivity (Wildman–Crippen MR) is 49.9 cm³/mol. The minimum Gasteiger partial charge on any atom is -0.490 e. The number of hydrogen-bond donors (Lipinski definition) is 0. The lowest BCUT2D eigenvalue weighted by Crippen LogP contribution is -2.18. The lowest BCUT2D eigenvalue weighted by Gasteiger charge is -2.13. The van der Waals surface area contributed by atoms with E-state index in [1.165, 1.54) is 6.07 Å². The first kappa shape index (κ1) is 12.6. The SMILES string of the molecule is COc1c(Br)ncc(C#N)c1OC(F)(F)F. The number of ether oxygens (including phenoxy) is 2. The van der Waals surface area contributed by atoms with Crippen molar-refractivity contribution in [2.24, 2.45) is 0 Å². The summed E-state index contributed by atoms with van der Waals surface area (Å²) in [4.78, 5) is 3.63. The third-order valence-corrected chi connectivity index (χ3v) is 2.05. The first-order valence-corrected chi connectivity index (χ1v) is 4.56. The molecule has 86 valence electrons. The predicted octanol–water partition coefficient (Wildman–Crippen LogP) is 2.62. The van der Waals surface area contributed by atoms with Gasteiger partial charge in [-0.25, -0.2) is 4.98 Å². The highest BCUT2D eigenvalue weighted by Gasteiger charge is 2.34. The fourth-order valence-electron chi connectivity index (χ4n) is 0.928. The van der Waals surface area contributed by atoms with Crippen LogP contribution in [0.25, 0.3) is 0 Å². The summed E-state index contributed by atoms with van der Waals surface area (Å²) < 4.78 is 44.7. The van der Waals surface area contributed by atoms with Crippen molar-refractivity contribution in [2.75, 3.05) is 7.11 Å². The Kier molecular flexibility index (Phi) is 3.59. The lowest BCUT2D eigenvalue weighted by molar-refractivity contribution is -0.275. The average molecular weight is 297 g/mol. The van der Waals surface area contributed by atoms with Crippen molar-refractivity contribution in [1.82, 2.24) is 4.98 Å². The molecular formula is C8H4BrF3N2O2. The summed E-state index contributed by atoms with van der Waals surface area (Å²) in [6, 6.07) is 1.53. The van der Waals surface area contributed by atoms with Gasteiger partial charge in [-0.1, -0.05) is 0 Å². The molecule has 0 N–H and O–H groups in total. The van der Waals surface area contributed by atoms with Gasteiger partial charge in [0, 0.05) is 0 Å². The summed E-state index contributed by atoms with van der Waals surface area (Å²) in [6.07, 6.45) is -3.95. The largest absolute Gasteiger partial charge is 0.573 e. The third-order valence-electron chi connectivity index (χ3n) is 1.49. The van der Waals surface area contributed by atoms with Gasteiger partial charge in [-0.3, -0.25) is 0 Å². The molecule has 0 saturated carbocycles. The van der Waals surface area contributed by atoms with Crippen LogP contribution in [0.4, 0.5) is 13.2 Å². The normalized spacial score (nSPS) is 10.8. The molecule has 16 heavy (non-hydrogen) atoms. The van der Waals surface area contributed by atoms with Crippen LogP contribution < -0.4 is 9.47 Å². The van der Waals surface area contributed by atoms with Crippen LogP contribution in [-0.2, 0) is 0 Å². The van der Waals surface area contributed by atoms with Gasteiger partial charge in [0.15, 0.2) is 16.1 Å². The highest BCUT2D eigenvalue weighted by Crippen LogP contribution is 2.39. The molecule has 0 aliphatic heterocycles. The highest BCUT2D eigenvalue weighted by atomic mass is 79.9. The molecule has 1 heterocycles. The zero-order chi connectivity index (χ0) is 12.3. The Morgan fingerprint density at radius 3 is 2.50 bits per heavy atom. The highest BCUT2D eigenvalue weighted by molar-refractivity contribution is 9.10. The molecule has 0 bridgehead atoms. The first-order valence-electron chi connectivity index (χ1n) is 3.77. The van der Waals surface area contributed by atoms with E-state index in [0.29, 0.717) is 0 Å². The Hall–Kier alpha value is -1.49. The molecule has 0 aliphatic carbocycles. The van der Waals surface area contributed by atoms with Gasteiger partial charge in [0.1, 0.15) is 11.6 Å². The molecule has 8 heteroatoms. The lowest BCUT2D eigenvalue weighted by atomic mass is 10.2. The van der Waals surface area contributed by atoms with E-state index in [0.717, 1.165) is 13.3 Å². The van der Waals surface area contributed by atoms with Crippen molar-refractivity contribution in [3.8, 4) is 17.6 Å². The molecule has 0 radical (unpaired) electrons. The summed E-state index contributed by atoms with van der Waals surface area (Å²) in [5, 5.41) is 8.62. The first-order chi connectivity index (χ1) is 7.39. The van der Waals surface area contributed by atoms with Gasteiger partial charge in [-0.05, 0) is 15.9 Å². The Bertz CT molecular complexity index is 442. The van der Waals surface area contributed by atoms with Crippen molar-refractivity contribution >= 4 is 15.9 Å². The van der Waals surface area contributed by atoms with Crippen molar-refractivity contribution in [3.05, 3.63) is 16.4 Å². The van der Waals surface area contributed by atoms with E-state index >= 15 is 0 Å². The van der Waals surface area contributed by atoms with Crippen LogP contribution in [0, 0.1) is 11.3 Å². The Morgan fingerprint density at radius 2 is 2.06 bits per heavy atom. The van der Waals surface area contributed by atoms with Crippen molar-refractivity contribution < 1.29 is 22.6 Å². The molecule has 1 rings (SSSR count). The second kappa shape index (κ2) is 4.57. The summed E-state index contributed by atoms with van der Waals surface area (Å²) in [7, 11) is 1.15. The number of nitriles is 1. The zero-order valence-electron chi connectivity index (χ0n) is 7.80. The molecule has 0 atom stereocenters. The number of nitrogens with zero attached hydrogens (tertiary/aromatic N) is 2. The van der Waals surface area contributed by atoms with Crippen molar-refractivity contribution in [1.29, 1.82) is 5.26 Å². The van der Waals surface area contributed by atoms with Gasteiger partial charge >= 0.3 is 6.36 Å². The van der Waals surface area contributed by atoms with Crippen LogP contribution in [0.3, 0.4) is 0 Å². The zero-order valence-corrected chi connectivity index (χ0v) is 9.39. The van der Waals surface area contributed by atoms with Crippen LogP contribution in [0.2, 0.25) is 0 Å². The van der Waals surface area contributed by atoms with Crippen molar-refractivity contribution in [2.45, 2.75) is 6.36 Å². The number of hydrogen-bond acceptors (Lipinski definition) is 4. The summed E-state index contributed by atoms with van der Waals surface area (Å²) >= 11 is 2.89. The summed E-state index contributed by atoms with van der Waals surface area (Å²) in [5.74, 6) is -0.990. The van der Waals surface area contributed by atoms with E-state index < -0.39 is 12.1 Å². The minimum absolute atomic E-state index is 0.0215. The maximum absolute atomic E-state index is 12.1. The number of rotatable bonds is 2. The number of pyridine rings is 1. The van der Waals surface area contributed by atoms with Crippen LogP contribution in [0.5, 0.6) is 11.5 Å². The Morgan fingerprint density at radius 1 is 1.44 bits per heavy atom. The standard InChI is InChI=1S/C8H4BrF3N2O2/c1-15-6-5(16-8(10,11)12)4(2-13)3-14-7(6)9/h3H,1H3. The van der Waals surface area contributed by atoms with E-state index in [9.17, 15) is 13.2 Å². The van der Waals surface area contributed by atoms with E-state index in [1.807, 2.05) is 0 Å². The van der Waals surface area contributed by atoms with Crippen LogP contribution in [0.1, 0.15) is 5.56 Å². The van der Waals surface area contributed by atoms with Gasteiger partial charge in [0.05, 0.1) is 13.3 Å². The van der Waals surface area contributed by atoms with E-state index in [-0.39, 0.29) is 15.9 Å². The van der Waals surface area contributed by atoms with Crippen LogP contribution >= 0.6 is 15.9 Å². The third kappa shape index (κ3) is 2.76. The average Bonchev–Trinajstić information content (AvgIpc) is 2.16. The van der Waals surface area contributed by atoms with Gasteiger partial charge in [-0.15, -0.1) is 13.2 Å². The maximum atomic E-state index is 12.1. The van der Waals surface area contributed by atoms with Crippen molar-refractivity contribution in [3.63, 3.8) is 0 Å². The molecule has 0 aromatic carbocycles. The molecule has 0 aliphatic rings. The molecule has 4 nitrogen and oxygen atoms in total. The van der Waals surface area contributed by atoms with E-state index in [1.54, 1.807) is 0 Å². The molecule has 1 aromatic heterocycles. The van der Waals surface area contributed by atoms with Crippen LogP contribution in [0.15, 0.2) is 10.8 Å². The van der Waals surface area contributed by atoms with Gasteiger partial charge < -0.3 is 9.47 Å². The second-order valence-corrected chi connectivity index (χ2v) is 3.24. The smallest absolute Gasteiger partial charge is 0.490 e. The second-order valence-electron chi connectivity index (χ2n) is 2.48. The van der Waals surface area contributed by atoms with E-state index in [2.05, 4.69) is 30.4 Å². The number of halogens is 4. The topological polar surface area (TPSA) is 55.1 Å². The minimum atomic E-state index is -4.90. The Balaban J connectivity index is 3.32. The van der Waals surface area contributed by atoms with E-state index in [4.69, 9.17) is 5.26 Å². The summed E-state index contributed by atoms with van der Waals surface area (Å²) in [6.45, 7) is 0. The molecule has 0 unspecified atom stereocenters. The molecule has 0 saturated heterocycles. The molecule has 0 amide bonds. The van der Waals surface area contributed by atoms with Gasteiger partial charge in [0.25, 0.3) is 0 Å². The number of aromatic nitrogens is 1. The molecule has 0 spiro atoms. The van der Waals surface area contributed by atoms with Crippen LogP contribution in [-0.4, -0.2) is 18.5 Å². The fourth-order valence-corrected chi connectivity index (χ4v) is 1.37. The molecule has 0 fully saturated rings. The number of alkyl halides is 3. The fraction of sp³-hybridized carbons (Fsp3) is 0.250. The van der Waals surface area contributed by atoms with Gasteiger partial charge in [0.2, 0.25) is 0 Å². The number of methoxy groups -OCH3 is 1. The molecular weight excluding hydrogens is 293 g/mol.